The molecular weight excluding hydrogens is 326 g/mol. The van der Waals surface area contributed by atoms with Crippen molar-refractivity contribution in [2.24, 2.45) is 0 Å². The van der Waals surface area contributed by atoms with E-state index in [2.05, 4.69) is 44.5 Å². The van der Waals surface area contributed by atoms with E-state index in [-0.39, 0.29) is 5.41 Å². The minimum atomic E-state index is -0.537. The highest BCUT2D eigenvalue weighted by molar-refractivity contribution is 7.10. The van der Waals surface area contributed by atoms with Gasteiger partial charge >= 0.3 is 0 Å². The van der Waals surface area contributed by atoms with E-state index in [1.165, 1.54) is 10.4 Å². The van der Waals surface area contributed by atoms with Crippen LogP contribution in [0.4, 0.5) is 0 Å². The van der Waals surface area contributed by atoms with Crippen LogP contribution in [0.5, 0.6) is 0 Å². The molecule has 0 aliphatic heterocycles. The van der Waals surface area contributed by atoms with E-state index in [0.29, 0.717) is 17.6 Å². The van der Waals surface area contributed by atoms with Crippen LogP contribution in [-0.2, 0) is 11.8 Å². The van der Waals surface area contributed by atoms with Gasteiger partial charge in [0, 0.05) is 22.5 Å². The fourth-order valence-corrected chi connectivity index (χ4v) is 3.84. The number of rotatable bonds is 6. The first-order valence-corrected chi connectivity index (χ1v) is 9.26. The maximum absolute atomic E-state index is 10.3. The van der Waals surface area contributed by atoms with Crippen LogP contribution in [0.3, 0.4) is 0 Å². The summed E-state index contributed by atoms with van der Waals surface area (Å²) in [6.07, 6.45) is 0.438. The van der Waals surface area contributed by atoms with Crippen molar-refractivity contribution in [2.45, 2.75) is 51.7 Å². The van der Waals surface area contributed by atoms with Gasteiger partial charge in [0.15, 0.2) is 0 Å². The molecule has 0 saturated carbocycles. The predicted octanol–water partition coefficient (Wildman–Crippen LogP) is 4.95. The van der Waals surface area contributed by atoms with E-state index >= 15 is 0 Å². The molecule has 2 rings (SSSR count). The largest absolute Gasteiger partial charge is 0.387 e. The lowest BCUT2D eigenvalue weighted by molar-refractivity contribution is 0.170. The third-order valence-electron chi connectivity index (χ3n) is 3.92. The summed E-state index contributed by atoms with van der Waals surface area (Å²) in [5, 5.41) is 16.6. The van der Waals surface area contributed by atoms with Gasteiger partial charge in [-0.25, -0.2) is 0 Å². The average molecular weight is 352 g/mol. The highest BCUT2D eigenvalue weighted by Crippen LogP contribution is 2.27. The molecule has 0 amide bonds. The molecule has 126 valence electrons. The third-order valence-corrected chi connectivity index (χ3v) is 5.11. The van der Waals surface area contributed by atoms with Crippen LogP contribution in [0.2, 0.25) is 5.02 Å². The average Bonchev–Trinajstić information content (AvgIpc) is 2.93. The summed E-state index contributed by atoms with van der Waals surface area (Å²) < 4.78 is 0. The first kappa shape index (κ1) is 18.5. The Balaban J connectivity index is 1.85. The standard InChI is InChI=1S/C19H26ClNOS/c1-13(8-17-10-15(12-23-17)19(2,3)4)21-11-18(22)14-6-5-7-16(20)9-14/h5-7,9-10,12-13,18,21-22H,8,11H2,1-4H3. The lowest BCUT2D eigenvalue weighted by atomic mass is 9.89. The number of thiophene rings is 1. The Morgan fingerprint density at radius 2 is 2.00 bits per heavy atom. The Hall–Kier alpha value is -0.870. The minimum absolute atomic E-state index is 0.203. The monoisotopic (exact) mass is 351 g/mol. The van der Waals surface area contributed by atoms with E-state index in [9.17, 15) is 5.11 Å². The number of benzene rings is 1. The maximum atomic E-state index is 10.3. The van der Waals surface area contributed by atoms with Crippen LogP contribution in [0, 0.1) is 0 Å². The first-order chi connectivity index (χ1) is 10.8. The molecule has 1 aromatic carbocycles. The Morgan fingerprint density at radius 3 is 2.61 bits per heavy atom. The molecule has 0 radical (unpaired) electrons. The van der Waals surface area contributed by atoms with Gasteiger partial charge in [0.2, 0.25) is 0 Å². The Bertz CT molecular complexity index is 632. The number of hydrogen-bond donors (Lipinski definition) is 2. The lowest BCUT2D eigenvalue weighted by Gasteiger charge is -2.18. The molecule has 0 saturated heterocycles. The summed E-state index contributed by atoms with van der Waals surface area (Å²) in [5.74, 6) is 0. The number of aliphatic hydroxyl groups excluding tert-OH is 1. The van der Waals surface area contributed by atoms with Crippen molar-refractivity contribution in [2.75, 3.05) is 6.54 Å². The van der Waals surface area contributed by atoms with E-state index in [0.717, 1.165) is 12.0 Å². The van der Waals surface area contributed by atoms with E-state index in [1.54, 1.807) is 0 Å². The van der Waals surface area contributed by atoms with Gasteiger partial charge in [-0.15, -0.1) is 11.3 Å². The zero-order valence-electron chi connectivity index (χ0n) is 14.3. The Labute approximate surface area is 148 Å². The number of hydrogen-bond acceptors (Lipinski definition) is 3. The predicted molar refractivity (Wildman–Crippen MR) is 101 cm³/mol. The van der Waals surface area contributed by atoms with Crippen LogP contribution in [0.15, 0.2) is 35.7 Å². The molecule has 0 bridgehead atoms. The molecule has 0 aliphatic carbocycles. The fraction of sp³-hybridized carbons (Fsp3) is 0.474. The number of halogens is 1. The smallest absolute Gasteiger partial charge is 0.0914 e. The zero-order valence-corrected chi connectivity index (χ0v) is 15.8. The summed E-state index contributed by atoms with van der Waals surface area (Å²) in [7, 11) is 0. The second-order valence-corrected chi connectivity index (χ2v) is 8.57. The molecule has 0 spiro atoms. The van der Waals surface area contributed by atoms with Crippen molar-refractivity contribution in [1.82, 2.24) is 5.32 Å². The van der Waals surface area contributed by atoms with Crippen LogP contribution in [-0.4, -0.2) is 17.7 Å². The lowest BCUT2D eigenvalue weighted by Crippen LogP contribution is -2.31. The molecule has 2 atom stereocenters. The topological polar surface area (TPSA) is 32.3 Å². The number of aliphatic hydroxyl groups is 1. The zero-order chi connectivity index (χ0) is 17.0. The highest BCUT2D eigenvalue weighted by Gasteiger charge is 2.16. The molecule has 2 nitrogen and oxygen atoms in total. The molecule has 2 aromatic rings. The van der Waals surface area contributed by atoms with Crippen molar-refractivity contribution >= 4 is 22.9 Å². The van der Waals surface area contributed by atoms with Crippen molar-refractivity contribution in [3.05, 3.63) is 56.7 Å². The fourth-order valence-electron chi connectivity index (χ4n) is 2.40. The van der Waals surface area contributed by atoms with Crippen molar-refractivity contribution in [1.29, 1.82) is 0 Å². The van der Waals surface area contributed by atoms with Crippen LogP contribution in [0.25, 0.3) is 0 Å². The molecule has 2 N–H and O–H groups in total. The minimum Gasteiger partial charge on any atom is -0.387 e. The van der Waals surface area contributed by atoms with Gasteiger partial charge in [0.25, 0.3) is 0 Å². The summed E-state index contributed by atoms with van der Waals surface area (Å²) in [6.45, 7) is 9.39. The van der Waals surface area contributed by atoms with Gasteiger partial charge in [-0.1, -0.05) is 44.5 Å². The quantitative estimate of drug-likeness (QED) is 0.771. The third kappa shape index (κ3) is 5.61. The van der Waals surface area contributed by atoms with Crippen LogP contribution >= 0.6 is 22.9 Å². The normalized spacial score (nSPS) is 14.7. The van der Waals surface area contributed by atoms with Crippen LogP contribution < -0.4 is 5.32 Å². The van der Waals surface area contributed by atoms with Gasteiger partial charge in [-0.05, 0) is 53.5 Å². The summed E-state index contributed by atoms with van der Waals surface area (Å²) in [4.78, 5) is 1.38. The molecule has 2 unspecified atom stereocenters. The Kier molecular flexibility index (Phi) is 6.26. The molecular formula is C19H26ClNOS. The first-order valence-electron chi connectivity index (χ1n) is 8.00. The SMILES string of the molecule is CC(Cc1cc(C(C)(C)C)cs1)NCC(O)c1cccc(Cl)c1. The van der Waals surface area contributed by atoms with Crippen molar-refractivity contribution < 1.29 is 5.11 Å². The van der Waals surface area contributed by atoms with Gasteiger partial charge in [0.1, 0.15) is 0 Å². The molecule has 0 fully saturated rings. The van der Waals surface area contributed by atoms with Gasteiger partial charge < -0.3 is 10.4 Å². The number of nitrogens with one attached hydrogen (secondary N) is 1. The summed E-state index contributed by atoms with van der Waals surface area (Å²) in [6, 6.07) is 10.0. The Morgan fingerprint density at radius 1 is 1.26 bits per heavy atom. The van der Waals surface area contributed by atoms with Gasteiger partial charge in [-0.3, -0.25) is 0 Å². The van der Waals surface area contributed by atoms with Crippen molar-refractivity contribution in [3.8, 4) is 0 Å². The maximum Gasteiger partial charge on any atom is 0.0914 e. The van der Waals surface area contributed by atoms with E-state index in [1.807, 2.05) is 35.6 Å². The molecule has 23 heavy (non-hydrogen) atoms. The molecule has 0 aliphatic rings. The molecule has 1 aromatic heterocycles. The van der Waals surface area contributed by atoms with Gasteiger partial charge in [0.05, 0.1) is 6.10 Å². The van der Waals surface area contributed by atoms with Crippen LogP contribution in [0.1, 0.15) is 49.8 Å². The highest BCUT2D eigenvalue weighted by atomic mass is 35.5. The van der Waals surface area contributed by atoms with E-state index in [4.69, 9.17) is 11.6 Å². The summed E-state index contributed by atoms with van der Waals surface area (Å²) >= 11 is 7.79. The second kappa shape index (κ2) is 7.80. The molecule has 4 heteroatoms. The molecule has 1 heterocycles. The van der Waals surface area contributed by atoms with Crippen molar-refractivity contribution in [3.63, 3.8) is 0 Å². The summed E-state index contributed by atoms with van der Waals surface area (Å²) in [5.41, 5.74) is 2.45. The van der Waals surface area contributed by atoms with E-state index < -0.39 is 6.10 Å². The second-order valence-electron chi connectivity index (χ2n) is 7.14. The van der Waals surface area contributed by atoms with Gasteiger partial charge in [-0.2, -0.15) is 0 Å².